The summed E-state index contributed by atoms with van der Waals surface area (Å²) in [4.78, 5) is 12.0. The van der Waals surface area contributed by atoms with Crippen LogP contribution in [0.4, 0.5) is 5.69 Å². The van der Waals surface area contributed by atoms with Crippen LogP contribution in [0.2, 0.25) is 0 Å². The van der Waals surface area contributed by atoms with Crippen LogP contribution >= 0.6 is 0 Å². The maximum absolute atomic E-state index is 12.0. The van der Waals surface area contributed by atoms with E-state index in [1.807, 2.05) is 62.4 Å². The molecule has 2 N–H and O–H groups in total. The van der Waals surface area contributed by atoms with E-state index in [0.29, 0.717) is 6.54 Å². The molecule has 0 saturated heterocycles. The zero-order chi connectivity index (χ0) is 18.1. The summed E-state index contributed by atoms with van der Waals surface area (Å²) in [5, 5.41) is 6.04. The Morgan fingerprint density at radius 2 is 1.72 bits per heavy atom. The molecule has 0 saturated carbocycles. The highest BCUT2D eigenvalue weighted by molar-refractivity contribution is 5.81. The summed E-state index contributed by atoms with van der Waals surface area (Å²) >= 11 is 0. The molecular weight excluding hydrogens is 316 g/mol. The molecule has 0 heterocycles. The summed E-state index contributed by atoms with van der Waals surface area (Å²) in [6, 6.07) is 15.4. The molecule has 0 aliphatic carbocycles. The van der Waals surface area contributed by atoms with Crippen molar-refractivity contribution in [3.63, 3.8) is 0 Å². The molecule has 5 nitrogen and oxygen atoms in total. The van der Waals surface area contributed by atoms with E-state index >= 15 is 0 Å². The van der Waals surface area contributed by atoms with Gasteiger partial charge in [-0.2, -0.15) is 0 Å². The third kappa shape index (κ3) is 6.03. The van der Waals surface area contributed by atoms with Crippen LogP contribution in [-0.2, 0) is 11.2 Å². The SMILES string of the molecule is COc1ccccc1CCNC(=O)CNc1ccccc1OC(C)C. The van der Waals surface area contributed by atoms with Crippen molar-refractivity contribution in [1.82, 2.24) is 5.32 Å². The van der Waals surface area contributed by atoms with Crippen LogP contribution in [0.15, 0.2) is 48.5 Å². The second-order valence-corrected chi connectivity index (χ2v) is 5.93. The predicted molar refractivity (Wildman–Crippen MR) is 100 cm³/mol. The van der Waals surface area contributed by atoms with Crippen molar-refractivity contribution in [2.45, 2.75) is 26.4 Å². The monoisotopic (exact) mass is 342 g/mol. The average Bonchev–Trinajstić information content (AvgIpc) is 2.61. The third-order valence-corrected chi connectivity index (χ3v) is 3.60. The molecule has 2 aromatic rings. The number of amides is 1. The lowest BCUT2D eigenvalue weighted by Gasteiger charge is -2.15. The number of methoxy groups -OCH3 is 1. The van der Waals surface area contributed by atoms with E-state index in [2.05, 4.69) is 10.6 Å². The number of anilines is 1. The first-order chi connectivity index (χ1) is 12.1. The van der Waals surface area contributed by atoms with Gasteiger partial charge in [-0.25, -0.2) is 0 Å². The number of nitrogens with one attached hydrogen (secondary N) is 2. The molecule has 0 aliphatic heterocycles. The standard InChI is InChI=1S/C20H26N2O3/c1-15(2)25-19-11-7-5-9-17(19)22-14-20(23)21-13-12-16-8-4-6-10-18(16)24-3/h4-11,15,22H,12-14H2,1-3H3,(H,21,23). The van der Waals surface area contributed by atoms with E-state index in [9.17, 15) is 4.79 Å². The summed E-state index contributed by atoms with van der Waals surface area (Å²) in [7, 11) is 1.65. The molecule has 25 heavy (non-hydrogen) atoms. The maximum Gasteiger partial charge on any atom is 0.239 e. The Morgan fingerprint density at radius 3 is 2.44 bits per heavy atom. The largest absolute Gasteiger partial charge is 0.496 e. The van der Waals surface area contributed by atoms with E-state index in [-0.39, 0.29) is 18.6 Å². The second-order valence-electron chi connectivity index (χ2n) is 5.93. The van der Waals surface area contributed by atoms with Crippen molar-refractivity contribution in [2.24, 2.45) is 0 Å². The Balaban J connectivity index is 1.80. The highest BCUT2D eigenvalue weighted by atomic mass is 16.5. The van der Waals surface area contributed by atoms with Crippen LogP contribution in [0.1, 0.15) is 19.4 Å². The zero-order valence-corrected chi connectivity index (χ0v) is 15.0. The molecule has 0 aliphatic rings. The molecule has 0 aromatic heterocycles. The fourth-order valence-corrected chi connectivity index (χ4v) is 2.45. The first-order valence-electron chi connectivity index (χ1n) is 8.48. The van der Waals surface area contributed by atoms with Gasteiger partial charge in [-0.3, -0.25) is 4.79 Å². The van der Waals surface area contributed by atoms with Crippen molar-refractivity contribution in [2.75, 3.05) is 25.5 Å². The fourth-order valence-electron chi connectivity index (χ4n) is 2.45. The topological polar surface area (TPSA) is 59.6 Å². The fraction of sp³-hybridized carbons (Fsp3) is 0.350. The van der Waals surface area contributed by atoms with Gasteiger partial charge >= 0.3 is 0 Å². The molecule has 0 unspecified atom stereocenters. The van der Waals surface area contributed by atoms with Gasteiger partial charge < -0.3 is 20.1 Å². The van der Waals surface area contributed by atoms with Crippen molar-refractivity contribution >= 4 is 11.6 Å². The minimum Gasteiger partial charge on any atom is -0.496 e. The van der Waals surface area contributed by atoms with E-state index in [0.717, 1.165) is 29.2 Å². The van der Waals surface area contributed by atoms with Crippen molar-refractivity contribution < 1.29 is 14.3 Å². The van der Waals surface area contributed by atoms with Crippen LogP contribution in [-0.4, -0.2) is 32.2 Å². The van der Waals surface area contributed by atoms with Gasteiger partial charge in [-0.05, 0) is 44.0 Å². The highest BCUT2D eigenvalue weighted by Crippen LogP contribution is 2.24. The third-order valence-electron chi connectivity index (χ3n) is 3.60. The summed E-state index contributed by atoms with van der Waals surface area (Å²) in [6.07, 6.45) is 0.806. The van der Waals surface area contributed by atoms with Gasteiger partial charge in [0.2, 0.25) is 5.91 Å². The van der Waals surface area contributed by atoms with E-state index < -0.39 is 0 Å². The van der Waals surface area contributed by atoms with Crippen LogP contribution in [0.25, 0.3) is 0 Å². The van der Waals surface area contributed by atoms with Crippen LogP contribution in [0, 0.1) is 0 Å². The zero-order valence-electron chi connectivity index (χ0n) is 15.0. The number of carbonyl (C=O) groups is 1. The van der Waals surface area contributed by atoms with Gasteiger partial charge in [0.25, 0.3) is 0 Å². The van der Waals surface area contributed by atoms with E-state index in [1.54, 1.807) is 7.11 Å². The molecule has 0 spiro atoms. The Kier molecular flexibility index (Phi) is 7.14. The molecule has 0 radical (unpaired) electrons. The minimum atomic E-state index is -0.0609. The van der Waals surface area contributed by atoms with Crippen molar-refractivity contribution in [3.05, 3.63) is 54.1 Å². The van der Waals surface area contributed by atoms with Gasteiger partial charge in [0.05, 0.1) is 25.4 Å². The van der Waals surface area contributed by atoms with Crippen LogP contribution in [0.3, 0.4) is 0 Å². The van der Waals surface area contributed by atoms with Crippen molar-refractivity contribution in [3.8, 4) is 11.5 Å². The van der Waals surface area contributed by atoms with Crippen LogP contribution in [0.5, 0.6) is 11.5 Å². The summed E-state index contributed by atoms with van der Waals surface area (Å²) in [6.45, 7) is 4.71. The first-order valence-corrected chi connectivity index (χ1v) is 8.48. The molecule has 134 valence electrons. The van der Waals surface area contributed by atoms with Gasteiger partial charge in [0.15, 0.2) is 0 Å². The van der Waals surface area contributed by atoms with Gasteiger partial charge in [-0.1, -0.05) is 30.3 Å². The lowest BCUT2D eigenvalue weighted by Crippen LogP contribution is -2.31. The maximum atomic E-state index is 12.0. The molecule has 0 bridgehead atoms. The normalized spacial score (nSPS) is 10.4. The summed E-state index contributed by atoms with van der Waals surface area (Å²) in [5.41, 5.74) is 1.89. The quantitative estimate of drug-likeness (QED) is 0.734. The van der Waals surface area contributed by atoms with Gasteiger partial charge in [0, 0.05) is 6.54 Å². The molecule has 2 aromatic carbocycles. The van der Waals surface area contributed by atoms with Gasteiger partial charge in [-0.15, -0.1) is 0 Å². The highest BCUT2D eigenvalue weighted by Gasteiger charge is 2.07. The summed E-state index contributed by atoms with van der Waals surface area (Å²) in [5.74, 6) is 1.53. The van der Waals surface area contributed by atoms with Crippen molar-refractivity contribution in [1.29, 1.82) is 0 Å². The Labute approximate surface area is 149 Å². The van der Waals surface area contributed by atoms with E-state index in [4.69, 9.17) is 9.47 Å². The molecule has 5 heteroatoms. The molecular formula is C20H26N2O3. The lowest BCUT2D eigenvalue weighted by molar-refractivity contribution is -0.119. The molecule has 2 rings (SSSR count). The minimum absolute atomic E-state index is 0.0609. The predicted octanol–water partition coefficient (Wildman–Crippen LogP) is 3.25. The van der Waals surface area contributed by atoms with E-state index in [1.165, 1.54) is 0 Å². The number of rotatable bonds is 9. The average molecular weight is 342 g/mol. The summed E-state index contributed by atoms with van der Waals surface area (Å²) < 4.78 is 11.0. The molecule has 0 fully saturated rings. The molecule has 0 atom stereocenters. The number of benzene rings is 2. The number of hydrogen-bond donors (Lipinski definition) is 2. The number of para-hydroxylation sites is 3. The Hall–Kier alpha value is -2.69. The molecule has 1 amide bonds. The second kappa shape index (κ2) is 9.57. The smallest absolute Gasteiger partial charge is 0.239 e. The number of ether oxygens (including phenoxy) is 2. The van der Waals surface area contributed by atoms with Gasteiger partial charge in [0.1, 0.15) is 11.5 Å². The first kappa shape index (κ1) is 18.6. The lowest BCUT2D eigenvalue weighted by atomic mass is 10.1. The van der Waals surface area contributed by atoms with Crippen LogP contribution < -0.4 is 20.1 Å². The number of hydrogen-bond acceptors (Lipinski definition) is 4. The Morgan fingerprint density at radius 1 is 1.04 bits per heavy atom. The number of carbonyl (C=O) groups excluding carboxylic acids is 1. The Bertz CT molecular complexity index is 686.